The average Bonchev–Trinajstić information content (AvgIpc) is 2.30. The molecular formula is C14H19NO2. The minimum absolute atomic E-state index is 0.00963. The molecule has 3 nitrogen and oxygen atoms in total. The lowest BCUT2D eigenvalue weighted by Crippen LogP contribution is -2.20. The van der Waals surface area contributed by atoms with E-state index in [1.165, 1.54) is 6.92 Å². The van der Waals surface area contributed by atoms with E-state index >= 15 is 0 Å². The van der Waals surface area contributed by atoms with E-state index in [1.54, 1.807) is 7.11 Å². The van der Waals surface area contributed by atoms with E-state index in [-0.39, 0.29) is 5.91 Å². The van der Waals surface area contributed by atoms with E-state index in [4.69, 9.17) is 4.74 Å². The fraction of sp³-hybridized carbons (Fsp3) is 0.357. The van der Waals surface area contributed by atoms with Crippen LogP contribution in [0, 0.1) is 6.92 Å². The summed E-state index contributed by atoms with van der Waals surface area (Å²) in [6.45, 7) is 4.21. The molecule has 0 aliphatic carbocycles. The van der Waals surface area contributed by atoms with Crippen molar-refractivity contribution in [3.8, 4) is 5.75 Å². The molecule has 0 unspecified atom stereocenters. The summed E-state index contributed by atoms with van der Waals surface area (Å²) in [7, 11) is 1.67. The summed E-state index contributed by atoms with van der Waals surface area (Å²) >= 11 is 0. The van der Waals surface area contributed by atoms with Crippen LogP contribution in [0.15, 0.2) is 24.3 Å². The van der Waals surface area contributed by atoms with Gasteiger partial charge in [0.25, 0.3) is 0 Å². The van der Waals surface area contributed by atoms with Crippen molar-refractivity contribution < 1.29 is 9.53 Å². The van der Waals surface area contributed by atoms with Crippen LogP contribution < -0.4 is 10.1 Å². The Morgan fingerprint density at radius 1 is 1.47 bits per heavy atom. The summed E-state index contributed by atoms with van der Waals surface area (Å²) in [5.74, 6) is 0.907. The number of carbonyl (C=O) groups is 1. The molecule has 92 valence electrons. The normalized spacial score (nSPS) is 10.5. The lowest BCUT2D eigenvalue weighted by molar-refractivity contribution is -0.118. The molecule has 0 saturated carbocycles. The van der Waals surface area contributed by atoms with Gasteiger partial charge in [0.05, 0.1) is 7.11 Å². The van der Waals surface area contributed by atoms with Gasteiger partial charge in [-0.3, -0.25) is 4.79 Å². The standard InChI is InChI=1S/C14H19NO2/c1-11-7-8-13(10-14(11)17-3)6-4-5-9-15-12(2)16/h4,6-8,10H,5,9H2,1-3H3,(H,15,16). The van der Waals surface area contributed by atoms with Crippen LogP contribution in [0.3, 0.4) is 0 Å². The van der Waals surface area contributed by atoms with E-state index in [1.807, 2.05) is 37.3 Å². The third kappa shape index (κ3) is 4.72. The first-order chi connectivity index (χ1) is 8.13. The van der Waals surface area contributed by atoms with Gasteiger partial charge >= 0.3 is 0 Å². The number of amides is 1. The Balaban J connectivity index is 2.50. The number of aryl methyl sites for hydroxylation is 1. The smallest absolute Gasteiger partial charge is 0.216 e. The zero-order valence-electron chi connectivity index (χ0n) is 10.6. The molecule has 0 saturated heterocycles. The average molecular weight is 233 g/mol. The molecule has 1 amide bonds. The lowest BCUT2D eigenvalue weighted by atomic mass is 10.1. The minimum Gasteiger partial charge on any atom is -0.496 e. The predicted octanol–water partition coefficient (Wildman–Crippen LogP) is 2.54. The van der Waals surface area contributed by atoms with Crippen LogP contribution in [0.5, 0.6) is 5.75 Å². The topological polar surface area (TPSA) is 38.3 Å². The number of nitrogens with one attached hydrogen (secondary N) is 1. The molecule has 0 radical (unpaired) electrons. The van der Waals surface area contributed by atoms with Crippen molar-refractivity contribution >= 4 is 12.0 Å². The number of benzene rings is 1. The van der Waals surface area contributed by atoms with Gasteiger partial charge in [-0.15, -0.1) is 0 Å². The Kier molecular flexibility index (Phi) is 5.27. The summed E-state index contributed by atoms with van der Waals surface area (Å²) in [5, 5.41) is 2.75. The first-order valence-corrected chi connectivity index (χ1v) is 5.69. The van der Waals surface area contributed by atoms with E-state index < -0.39 is 0 Å². The summed E-state index contributed by atoms with van der Waals surface area (Å²) in [6.07, 6.45) is 4.90. The number of hydrogen-bond acceptors (Lipinski definition) is 2. The van der Waals surface area contributed by atoms with Gasteiger partial charge in [-0.1, -0.05) is 24.3 Å². The van der Waals surface area contributed by atoms with Crippen molar-refractivity contribution in [3.05, 3.63) is 35.4 Å². The van der Waals surface area contributed by atoms with Crippen LogP contribution in [0.2, 0.25) is 0 Å². The molecule has 0 atom stereocenters. The Morgan fingerprint density at radius 3 is 2.88 bits per heavy atom. The third-order valence-electron chi connectivity index (χ3n) is 2.43. The third-order valence-corrected chi connectivity index (χ3v) is 2.43. The molecule has 0 aliphatic heterocycles. The van der Waals surface area contributed by atoms with Crippen LogP contribution in [-0.2, 0) is 4.79 Å². The molecule has 3 heteroatoms. The SMILES string of the molecule is COc1cc(C=CCCNC(C)=O)ccc1C. The van der Waals surface area contributed by atoms with E-state index in [0.717, 1.165) is 23.3 Å². The van der Waals surface area contributed by atoms with Gasteiger partial charge in [-0.05, 0) is 30.5 Å². The van der Waals surface area contributed by atoms with Crippen molar-refractivity contribution in [2.75, 3.05) is 13.7 Å². The number of methoxy groups -OCH3 is 1. The van der Waals surface area contributed by atoms with Gasteiger partial charge in [0.2, 0.25) is 5.91 Å². The Morgan fingerprint density at radius 2 is 2.24 bits per heavy atom. The second kappa shape index (κ2) is 6.74. The summed E-state index contributed by atoms with van der Waals surface area (Å²) in [6, 6.07) is 6.09. The molecule has 0 bridgehead atoms. The zero-order chi connectivity index (χ0) is 12.7. The fourth-order valence-corrected chi connectivity index (χ4v) is 1.49. The van der Waals surface area contributed by atoms with E-state index in [0.29, 0.717) is 6.54 Å². The maximum atomic E-state index is 10.6. The number of hydrogen-bond donors (Lipinski definition) is 1. The van der Waals surface area contributed by atoms with Gasteiger partial charge in [0, 0.05) is 13.5 Å². The van der Waals surface area contributed by atoms with Crippen LogP contribution in [0.25, 0.3) is 6.08 Å². The highest BCUT2D eigenvalue weighted by molar-refractivity contribution is 5.72. The monoisotopic (exact) mass is 233 g/mol. The van der Waals surface area contributed by atoms with Gasteiger partial charge in [0.1, 0.15) is 5.75 Å². The van der Waals surface area contributed by atoms with E-state index in [2.05, 4.69) is 5.32 Å². The highest BCUT2D eigenvalue weighted by Crippen LogP contribution is 2.19. The first-order valence-electron chi connectivity index (χ1n) is 5.69. The Hall–Kier alpha value is -1.77. The quantitative estimate of drug-likeness (QED) is 0.794. The maximum Gasteiger partial charge on any atom is 0.216 e. The molecule has 0 spiro atoms. The zero-order valence-corrected chi connectivity index (χ0v) is 10.6. The van der Waals surface area contributed by atoms with Gasteiger partial charge < -0.3 is 10.1 Å². The second-order valence-corrected chi connectivity index (χ2v) is 3.90. The lowest BCUT2D eigenvalue weighted by Gasteiger charge is -2.04. The number of carbonyl (C=O) groups excluding carboxylic acids is 1. The highest BCUT2D eigenvalue weighted by atomic mass is 16.5. The molecular weight excluding hydrogens is 214 g/mol. The highest BCUT2D eigenvalue weighted by Gasteiger charge is 1.97. The summed E-state index contributed by atoms with van der Waals surface area (Å²) in [5.41, 5.74) is 2.23. The van der Waals surface area contributed by atoms with Crippen molar-refractivity contribution in [3.63, 3.8) is 0 Å². The van der Waals surface area contributed by atoms with Crippen molar-refractivity contribution in [1.82, 2.24) is 5.32 Å². The van der Waals surface area contributed by atoms with Crippen LogP contribution in [0.1, 0.15) is 24.5 Å². The summed E-state index contributed by atoms with van der Waals surface area (Å²) < 4.78 is 5.25. The van der Waals surface area contributed by atoms with Crippen LogP contribution in [-0.4, -0.2) is 19.6 Å². The largest absolute Gasteiger partial charge is 0.496 e. The number of ether oxygens (including phenoxy) is 1. The van der Waals surface area contributed by atoms with Gasteiger partial charge in [-0.2, -0.15) is 0 Å². The molecule has 0 heterocycles. The van der Waals surface area contributed by atoms with Crippen molar-refractivity contribution in [1.29, 1.82) is 0 Å². The predicted molar refractivity (Wildman–Crippen MR) is 70.1 cm³/mol. The summed E-state index contributed by atoms with van der Waals surface area (Å²) in [4.78, 5) is 10.6. The molecule has 1 aromatic rings. The van der Waals surface area contributed by atoms with Gasteiger partial charge in [-0.25, -0.2) is 0 Å². The van der Waals surface area contributed by atoms with Crippen LogP contribution >= 0.6 is 0 Å². The number of rotatable bonds is 5. The maximum absolute atomic E-state index is 10.6. The fourth-order valence-electron chi connectivity index (χ4n) is 1.49. The molecule has 1 N–H and O–H groups in total. The molecule has 0 fully saturated rings. The second-order valence-electron chi connectivity index (χ2n) is 3.90. The van der Waals surface area contributed by atoms with Crippen molar-refractivity contribution in [2.24, 2.45) is 0 Å². The Labute approximate surface area is 102 Å². The first kappa shape index (κ1) is 13.3. The van der Waals surface area contributed by atoms with Gasteiger partial charge in [0.15, 0.2) is 0 Å². The molecule has 0 aliphatic rings. The molecule has 17 heavy (non-hydrogen) atoms. The Bertz CT molecular complexity index is 411. The van der Waals surface area contributed by atoms with E-state index in [9.17, 15) is 4.79 Å². The van der Waals surface area contributed by atoms with Crippen LogP contribution in [0.4, 0.5) is 0 Å². The molecule has 1 aromatic carbocycles. The molecule has 0 aromatic heterocycles. The molecule has 1 rings (SSSR count). The minimum atomic E-state index is 0.00963. The van der Waals surface area contributed by atoms with Crippen molar-refractivity contribution in [2.45, 2.75) is 20.3 Å².